The number of ether oxygens (including phenoxy) is 2. The number of carbonyl (C=O) groups is 1. The number of rotatable bonds is 7. The number of hydrazone groups is 1. The quantitative estimate of drug-likeness (QED) is 0.330. The summed E-state index contributed by atoms with van der Waals surface area (Å²) in [6.45, 7) is -0.166. The van der Waals surface area contributed by atoms with E-state index in [1.807, 2.05) is 60.7 Å². The summed E-state index contributed by atoms with van der Waals surface area (Å²) in [6.07, 6.45) is 1.57. The Bertz CT molecular complexity index is 1340. The maximum atomic E-state index is 12.2. The fraction of sp³-hybridized carbons (Fsp3) is 0.0741. The number of amides is 1. The molecule has 4 aromatic rings. The Morgan fingerprint density at radius 1 is 0.970 bits per heavy atom. The standard InChI is InChI=1S/C27H21N3O3/c1-32-26-15-12-22-4-2-3-5-24(22)25(26)17-29-30-27(31)18-33-23-13-10-21(11-14-23)20-8-6-19(16-28)7-9-20/h2-15,17H,18H2,1H3,(H,30,31)/b29-17-. The molecule has 0 aliphatic carbocycles. The van der Waals surface area contributed by atoms with Crippen LogP contribution in [-0.2, 0) is 4.79 Å². The number of nitriles is 1. The zero-order valence-corrected chi connectivity index (χ0v) is 18.0. The van der Waals surface area contributed by atoms with Gasteiger partial charge in [0.25, 0.3) is 5.91 Å². The average molecular weight is 435 g/mol. The Morgan fingerprint density at radius 3 is 2.36 bits per heavy atom. The summed E-state index contributed by atoms with van der Waals surface area (Å²) in [4.78, 5) is 12.2. The lowest BCUT2D eigenvalue weighted by molar-refractivity contribution is -0.123. The van der Waals surface area contributed by atoms with Crippen LogP contribution in [0.1, 0.15) is 11.1 Å². The highest BCUT2D eigenvalue weighted by Gasteiger charge is 2.07. The van der Waals surface area contributed by atoms with E-state index in [1.165, 1.54) is 0 Å². The molecule has 0 unspecified atom stereocenters. The third kappa shape index (κ3) is 5.17. The van der Waals surface area contributed by atoms with E-state index in [2.05, 4.69) is 16.6 Å². The lowest BCUT2D eigenvalue weighted by atomic mass is 10.0. The van der Waals surface area contributed by atoms with Gasteiger partial charge in [0.1, 0.15) is 11.5 Å². The van der Waals surface area contributed by atoms with Crippen LogP contribution in [0.15, 0.2) is 90.0 Å². The van der Waals surface area contributed by atoms with Gasteiger partial charge in [0.2, 0.25) is 0 Å². The molecule has 4 aromatic carbocycles. The van der Waals surface area contributed by atoms with Crippen molar-refractivity contribution in [3.05, 3.63) is 96.1 Å². The first kappa shape index (κ1) is 21.6. The number of fused-ring (bicyclic) bond motifs is 1. The first-order valence-corrected chi connectivity index (χ1v) is 10.3. The van der Waals surface area contributed by atoms with E-state index in [0.29, 0.717) is 17.1 Å². The molecule has 6 heteroatoms. The number of nitrogens with zero attached hydrogens (tertiary/aromatic N) is 2. The number of hydrogen-bond donors (Lipinski definition) is 1. The van der Waals surface area contributed by atoms with Gasteiger partial charge in [-0.25, -0.2) is 5.43 Å². The fourth-order valence-electron chi connectivity index (χ4n) is 3.42. The second-order valence-corrected chi connectivity index (χ2v) is 7.20. The number of benzene rings is 4. The van der Waals surface area contributed by atoms with Crippen molar-refractivity contribution in [3.63, 3.8) is 0 Å². The molecule has 0 aliphatic heterocycles. The van der Waals surface area contributed by atoms with Gasteiger partial charge in [0, 0.05) is 5.56 Å². The van der Waals surface area contributed by atoms with Crippen molar-refractivity contribution in [3.8, 4) is 28.7 Å². The summed E-state index contributed by atoms with van der Waals surface area (Å²) in [6, 6.07) is 28.6. The molecule has 0 fully saturated rings. The second kappa shape index (κ2) is 10.1. The van der Waals surface area contributed by atoms with E-state index in [4.69, 9.17) is 14.7 Å². The summed E-state index contributed by atoms with van der Waals surface area (Å²) >= 11 is 0. The Hall–Kier alpha value is -4.63. The number of nitrogens with one attached hydrogen (secondary N) is 1. The van der Waals surface area contributed by atoms with Crippen LogP contribution in [0.25, 0.3) is 21.9 Å². The molecule has 6 nitrogen and oxygen atoms in total. The lowest BCUT2D eigenvalue weighted by Crippen LogP contribution is -2.24. The minimum absolute atomic E-state index is 0.166. The topological polar surface area (TPSA) is 83.7 Å². The summed E-state index contributed by atoms with van der Waals surface area (Å²) < 4.78 is 11.0. The molecular formula is C27H21N3O3. The minimum Gasteiger partial charge on any atom is -0.496 e. The van der Waals surface area contributed by atoms with E-state index in [9.17, 15) is 4.79 Å². The zero-order chi connectivity index (χ0) is 23.0. The normalized spacial score (nSPS) is 10.7. The van der Waals surface area contributed by atoms with E-state index in [-0.39, 0.29) is 12.5 Å². The molecule has 0 aliphatic rings. The molecule has 0 bridgehead atoms. The number of methoxy groups -OCH3 is 1. The summed E-state index contributed by atoms with van der Waals surface area (Å²) in [5, 5.41) is 15.0. The molecule has 0 atom stereocenters. The number of carbonyl (C=O) groups excluding carboxylic acids is 1. The Kier molecular flexibility index (Phi) is 6.62. The first-order chi connectivity index (χ1) is 16.2. The zero-order valence-electron chi connectivity index (χ0n) is 18.0. The van der Waals surface area contributed by atoms with Crippen LogP contribution in [-0.4, -0.2) is 25.8 Å². The highest BCUT2D eigenvalue weighted by atomic mass is 16.5. The number of hydrogen-bond acceptors (Lipinski definition) is 5. The molecular weight excluding hydrogens is 414 g/mol. The SMILES string of the molecule is COc1ccc2ccccc2c1/C=N\NC(=O)COc1ccc(-c2ccc(C#N)cc2)cc1. The van der Waals surface area contributed by atoms with Crippen LogP contribution < -0.4 is 14.9 Å². The molecule has 0 saturated heterocycles. The van der Waals surface area contributed by atoms with Crippen molar-refractivity contribution >= 4 is 22.9 Å². The molecule has 1 N–H and O–H groups in total. The van der Waals surface area contributed by atoms with Crippen molar-refractivity contribution in [2.75, 3.05) is 13.7 Å². The van der Waals surface area contributed by atoms with Gasteiger partial charge in [-0.1, -0.05) is 54.6 Å². The summed E-state index contributed by atoms with van der Waals surface area (Å²) in [5.74, 6) is 0.870. The van der Waals surface area contributed by atoms with Crippen LogP contribution in [0.4, 0.5) is 0 Å². The predicted octanol–water partition coefficient (Wildman–Crippen LogP) is 4.92. The second-order valence-electron chi connectivity index (χ2n) is 7.20. The summed E-state index contributed by atoms with van der Waals surface area (Å²) in [7, 11) is 1.60. The van der Waals surface area contributed by atoms with E-state index < -0.39 is 0 Å². The Labute approximate surface area is 191 Å². The summed E-state index contributed by atoms with van der Waals surface area (Å²) in [5.41, 5.74) is 5.88. The third-order valence-electron chi connectivity index (χ3n) is 5.11. The van der Waals surface area contributed by atoms with Crippen LogP contribution in [0.3, 0.4) is 0 Å². The minimum atomic E-state index is -0.373. The van der Waals surface area contributed by atoms with Gasteiger partial charge in [-0.15, -0.1) is 0 Å². The Morgan fingerprint density at radius 2 is 1.67 bits per heavy atom. The molecule has 4 rings (SSSR count). The van der Waals surface area contributed by atoms with Crippen LogP contribution in [0.5, 0.6) is 11.5 Å². The van der Waals surface area contributed by atoms with Crippen LogP contribution in [0, 0.1) is 11.3 Å². The first-order valence-electron chi connectivity index (χ1n) is 10.3. The van der Waals surface area contributed by atoms with Crippen molar-refractivity contribution in [1.29, 1.82) is 5.26 Å². The molecule has 0 radical (unpaired) electrons. The van der Waals surface area contributed by atoms with Gasteiger partial charge in [0.05, 0.1) is 25.0 Å². The monoisotopic (exact) mass is 435 g/mol. The highest BCUT2D eigenvalue weighted by Crippen LogP contribution is 2.26. The molecule has 1 amide bonds. The molecule has 162 valence electrons. The average Bonchev–Trinajstić information content (AvgIpc) is 2.88. The van der Waals surface area contributed by atoms with Crippen molar-refractivity contribution in [2.45, 2.75) is 0 Å². The molecule has 0 heterocycles. The van der Waals surface area contributed by atoms with Gasteiger partial charge in [-0.05, 0) is 52.2 Å². The maximum absolute atomic E-state index is 12.2. The molecule has 33 heavy (non-hydrogen) atoms. The van der Waals surface area contributed by atoms with Gasteiger partial charge in [-0.3, -0.25) is 4.79 Å². The van der Waals surface area contributed by atoms with Gasteiger partial charge in [-0.2, -0.15) is 10.4 Å². The molecule has 0 spiro atoms. The van der Waals surface area contributed by atoms with E-state index in [1.54, 1.807) is 37.6 Å². The largest absolute Gasteiger partial charge is 0.496 e. The fourth-order valence-corrected chi connectivity index (χ4v) is 3.42. The van der Waals surface area contributed by atoms with E-state index >= 15 is 0 Å². The highest BCUT2D eigenvalue weighted by molar-refractivity contribution is 6.02. The van der Waals surface area contributed by atoms with Crippen molar-refractivity contribution in [1.82, 2.24) is 5.43 Å². The van der Waals surface area contributed by atoms with Crippen LogP contribution >= 0.6 is 0 Å². The van der Waals surface area contributed by atoms with Gasteiger partial charge >= 0.3 is 0 Å². The van der Waals surface area contributed by atoms with Gasteiger partial charge in [0.15, 0.2) is 6.61 Å². The maximum Gasteiger partial charge on any atom is 0.277 e. The Balaban J connectivity index is 1.35. The van der Waals surface area contributed by atoms with Crippen molar-refractivity contribution in [2.24, 2.45) is 5.10 Å². The molecule has 0 saturated carbocycles. The van der Waals surface area contributed by atoms with Crippen LogP contribution in [0.2, 0.25) is 0 Å². The molecule has 0 aromatic heterocycles. The predicted molar refractivity (Wildman–Crippen MR) is 128 cm³/mol. The van der Waals surface area contributed by atoms with E-state index in [0.717, 1.165) is 27.5 Å². The third-order valence-corrected chi connectivity index (χ3v) is 5.11. The van der Waals surface area contributed by atoms with Gasteiger partial charge < -0.3 is 9.47 Å². The smallest absolute Gasteiger partial charge is 0.277 e. The van der Waals surface area contributed by atoms with Crippen molar-refractivity contribution < 1.29 is 14.3 Å². The lowest BCUT2D eigenvalue weighted by Gasteiger charge is -2.09.